The summed E-state index contributed by atoms with van der Waals surface area (Å²) in [5.74, 6) is 0.473. The Hall–Kier alpha value is -1.22. The first-order chi connectivity index (χ1) is 7.95. The van der Waals surface area contributed by atoms with Crippen molar-refractivity contribution in [1.82, 2.24) is 4.90 Å². The molecule has 1 aromatic carbocycles. The molecule has 0 fully saturated rings. The average Bonchev–Trinajstić information content (AvgIpc) is 2.31. The smallest absolute Gasteiger partial charge is 0.253 e. The minimum Gasteiger partial charge on any atom is -0.398 e. The van der Waals surface area contributed by atoms with Gasteiger partial charge in [0.25, 0.3) is 5.91 Å². The number of rotatable bonds is 4. The standard InChI is InChI=1S/C13H19ClN2O/c1-4-9(2)8-16(3)13(17)10-5-6-12(15)11(14)7-10/h5-7,9H,4,8,15H2,1-3H3. The SMILES string of the molecule is CCC(C)CN(C)C(=O)c1ccc(N)c(Cl)c1. The molecule has 0 heterocycles. The van der Waals surface area contributed by atoms with Gasteiger partial charge >= 0.3 is 0 Å². The summed E-state index contributed by atoms with van der Waals surface area (Å²) < 4.78 is 0. The highest BCUT2D eigenvalue weighted by atomic mass is 35.5. The molecule has 1 amide bonds. The molecule has 0 aliphatic rings. The zero-order valence-electron chi connectivity index (χ0n) is 10.5. The predicted molar refractivity (Wildman–Crippen MR) is 72.3 cm³/mol. The van der Waals surface area contributed by atoms with Crippen LogP contribution in [-0.2, 0) is 0 Å². The molecule has 0 bridgehead atoms. The van der Waals surface area contributed by atoms with Crippen LogP contribution in [0.2, 0.25) is 5.02 Å². The largest absolute Gasteiger partial charge is 0.398 e. The molecular formula is C13H19ClN2O. The Morgan fingerprint density at radius 1 is 1.53 bits per heavy atom. The van der Waals surface area contributed by atoms with Crippen LogP contribution in [0.3, 0.4) is 0 Å². The van der Waals surface area contributed by atoms with E-state index in [2.05, 4.69) is 13.8 Å². The van der Waals surface area contributed by atoms with Gasteiger partial charge in [0.15, 0.2) is 0 Å². The van der Waals surface area contributed by atoms with E-state index in [1.807, 2.05) is 0 Å². The first kappa shape index (κ1) is 13.8. The number of benzene rings is 1. The quantitative estimate of drug-likeness (QED) is 0.840. The van der Waals surface area contributed by atoms with Crippen LogP contribution in [-0.4, -0.2) is 24.4 Å². The van der Waals surface area contributed by atoms with E-state index in [0.29, 0.717) is 22.2 Å². The van der Waals surface area contributed by atoms with Crippen molar-refractivity contribution in [2.24, 2.45) is 5.92 Å². The maximum absolute atomic E-state index is 12.1. The fourth-order valence-electron chi connectivity index (χ4n) is 1.56. The summed E-state index contributed by atoms with van der Waals surface area (Å²) in [4.78, 5) is 13.8. The van der Waals surface area contributed by atoms with Gasteiger partial charge in [0, 0.05) is 19.2 Å². The normalized spacial score (nSPS) is 12.2. The molecule has 1 aromatic rings. The van der Waals surface area contributed by atoms with Crippen molar-refractivity contribution < 1.29 is 4.79 Å². The predicted octanol–water partition coefficient (Wildman–Crippen LogP) is 3.04. The molecule has 0 aliphatic carbocycles. The lowest BCUT2D eigenvalue weighted by atomic mass is 10.1. The highest BCUT2D eigenvalue weighted by Crippen LogP contribution is 2.20. The van der Waals surface area contributed by atoms with Crippen LogP contribution in [0.5, 0.6) is 0 Å². The van der Waals surface area contributed by atoms with Crippen LogP contribution >= 0.6 is 11.6 Å². The Bertz CT molecular complexity index is 406. The van der Waals surface area contributed by atoms with E-state index >= 15 is 0 Å². The maximum Gasteiger partial charge on any atom is 0.253 e. The molecule has 4 heteroatoms. The second kappa shape index (κ2) is 5.92. The first-order valence-corrected chi connectivity index (χ1v) is 6.14. The van der Waals surface area contributed by atoms with Crippen molar-refractivity contribution in [2.75, 3.05) is 19.3 Å². The van der Waals surface area contributed by atoms with Crippen LogP contribution in [0, 0.1) is 5.92 Å². The molecular weight excluding hydrogens is 236 g/mol. The number of carbonyl (C=O) groups excluding carboxylic acids is 1. The van der Waals surface area contributed by atoms with Crippen LogP contribution in [0.1, 0.15) is 30.6 Å². The van der Waals surface area contributed by atoms with E-state index in [1.54, 1.807) is 30.1 Å². The summed E-state index contributed by atoms with van der Waals surface area (Å²) in [6.45, 7) is 4.99. The monoisotopic (exact) mass is 254 g/mol. The number of hydrogen-bond donors (Lipinski definition) is 1. The lowest BCUT2D eigenvalue weighted by Crippen LogP contribution is -2.30. The number of amides is 1. The van der Waals surface area contributed by atoms with E-state index in [1.165, 1.54) is 0 Å². The minimum absolute atomic E-state index is 0.0211. The van der Waals surface area contributed by atoms with Crippen molar-refractivity contribution in [3.05, 3.63) is 28.8 Å². The van der Waals surface area contributed by atoms with E-state index in [-0.39, 0.29) is 5.91 Å². The maximum atomic E-state index is 12.1. The molecule has 0 aliphatic heterocycles. The van der Waals surface area contributed by atoms with Crippen LogP contribution in [0.4, 0.5) is 5.69 Å². The van der Waals surface area contributed by atoms with Gasteiger partial charge in [-0.1, -0.05) is 31.9 Å². The molecule has 1 rings (SSSR count). The number of nitrogen functional groups attached to an aromatic ring is 1. The molecule has 17 heavy (non-hydrogen) atoms. The summed E-state index contributed by atoms with van der Waals surface area (Å²) in [7, 11) is 1.80. The molecule has 0 aromatic heterocycles. The zero-order chi connectivity index (χ0) is 13.0. The van der Waals surface area contributed by atoms with Gasteiger partial charge in [0.2, 0.25) is 0 Å². The van der Waals surface area contributed by atoms with Crippen molar-refractivity contribution >= 4 is 23.2 Å². The minimum atomic E-state index is -0.0211. The highest BCUT2D eigenvalue weighted by molar-refractivity contribution is 6.33. The zero-order valence-corrected chi connectivity index (χ0v) is 11.3. The van der Waals surface area contributed by atoms with Crippen LogP contribution < -0.4 is 5.73 Å². The molecule has 0 saturated carbocycles. The van der Waals surface area contributed by atoms with Crippen LogP contribution in [0.25, 0.3) is 0 Å². The molecule has 0 spiro atoms. The van der Waals surface area contributed by atoms with Crippen molar-refractivity contribution in [3.63, 3.8) is 0 Å². The third-order valence-corrected chi connectivity index (χ3v) is 3.20. The van der Waals surface area contributed by atoms with Gasteiger partial charge in [-0.15, -0.1) is 0 Å². The van der Waals surface area contributed by atoms with Gasteiger partial charge < -0.3 is 10.6 Å². The van der Waals surface area contributed by atoms with Crippen LogP contribution in [0.15, 0.2) is 18.2 Å². The molecule has 1 unspecified atom stereocenters. The topological polar surface area (TPSA) is 46.3 Å². The first-order valence-electron chi connectivity index (χ1n) is 5.76. The van der Waals surface area contributed by atoms with E-state index in [4.69, 9.17) is 17.3 Å². The fraction of sp³-hybridized carbons (Fsp3) is 0.462. The van der Waals surface area contributed by atoms with Gasteiger partial charge in [-0.05, 0) is 24.1 Å². The van der Waals surface area contributed by atoms with Gasteiger partial charge in [-0.2, -0.15) is 0 Å². The lowest BCUT2D eigenvalue weighted by molar-refractivity contribution is 0.0775. The fourth-order valence-corrected chi connectivity index (χ4v) is 1.74. The molecule has 94 valence electrons. The molecule has 2 N–H and O–H groups in total. The summed E-state index contributed by atoms with van der Waals surface area (Å²) in [5, 5.41) is 0.424. The lowest BCUT2D eigenvalue weighted by Gasteiger charge is -2.21. The average molecular weight is 255 g/mol. The van der Waals surface area contributed by atoms with E-state index in [0.717, 1.165) is 13.0 Å². The third kappa shape index (κ3) is 3.63. The Kier molecular flexibility index (Phi) is 4.82. The summed E-state index contributed by atoms with van der Waals surface area (Å²) in [5.41, 5.74) is 6.68. The highest BCUT2D eigenvalue weighted by Gasteiger charge is 2.14. The molecule has 1 atom stereocenters. The Morgan fingerprint density at radius 2 is 2.18 bits per heavy atom. The number of nitrogens with zero attached hydrogens (tertiary/aromatic N) is 1. The van der Waals surface area contributed by atoms with Gasteiger partial charge in [0.1, 0.15) is 0 Å². The Morgan fingerprint density at radius 3 is 2.71 bits per heavy atom. The number of anilines is 1. The summed E-state index contributed by atoms with van der Waals surface area (Å²) in [6, 6.07) is 4.98. The van der Waals surface area contributed by atoms with E-state index in [9.17, 15) is 4.79 Å². The Balaban J connectivity index is 2.78. The number of nitrogens with two attached hydrogens (primary N) is 1. The molecule has 3 nitrogen and oxygen atoms in total. The van der Waals surface area contributed by atoms with Crippen molar-refractivity contribution in [1.29, 1.82) is 0 Å². The second-order valence-corrected chi connectivity index (χ2v) is 4.84. The van der Waals surface area contributed by atoms with Crippen molar-refractivity contribution in [3.8, 4) is 0 Å². The van der Waals surface area contributed by atoms with E-state index < -0.39 is 0 Å². The summed E-state index contributed by atoms with van der Waals surface area (Å²) in [6.07, 6.45) is 1.06. The van der Waals surface area contributed by atoms with Crippen molar-refractivity contribution in [2.45, 2.75) is 20.3 Å². The Labute approximate surface area is 108 Å². The van der Waals surface area contributed by atoms with Gasteiger partial charge in [0.05, 0.1) is 10.7 Å². The number of carbonyl (C=O) groups is 1. The number of halogens is 1. The number of hydrogen-bond acceptors (Lipinski definition) is 2. The third-order valence-electron chi connectivity index (χ3n) is 2.88. The molecule has 0 radical (unpaired) electrons. The van der Waals surface area contributed by atoms with Gasteiger partial charge in [-0.25, -0.2) is 0 Å². The molecule has 0 saturated heterocycles. The second-order valence-electron chi connectivity index (χ2n) is 4.44. The summed E-state index contributed by atoms with van der Waals surface area (Å²) >= 11 is 5.90. The van der Waals surface area contributed by atoms with Gasteiger partial charge in [-0.3, -0.25) is 4.79 Å².